The Bertz CT molecular complexity index is 558. The third-order valence-corrected chi connectivity index (χ3v) is 8.39. The van der Waals surface area contributed by atoms with Gasteiger partial charge in [0.2, 0.25) is 0 Å². The molecule has 0 aliphatic carbocycles. The first kappa shape index (κ1) is 14.6. The molecule has 0 atom stereocenters. The van der Waals surface area contributed by atoms with Crippen LogP contribution in [0.25, 0.3) is 0 Å². The molecule has 0 aliphatic heterocycles. The van der Waals surface area contributed by atoms with Crippen molar-refractivity contribution < 1.29 is 24.6 Å². The first-order chi connectivity index (χ1) is 9.45. The standard InChI is InChI=1S/2C8H5S.Hg/c2*1-2-9-8-6-4-3-5-7-8;/h2*3-7H;. The van der Waals surface area contributed by atoms with E-state index in [2.05, 4.69) is 41.6 Å². The van der Waals surface area contributed by atoms with E-state index in [1.54, 1.807) is 23.5 Å². The summed E-state index contributed by atoms with van der Waals surface area (Å²) in [6.07, 6.45) is 0. The molecule has 0 aromatic heterocycles. The van der Waals surface area contributed by atoms with E-state index in [0.717, 1.165) is 0 Å². The zero-order valence-electron chi connectivity index (χ0n) is 10.3. The first-order valence-corrected chi connectivity index (χ1v) is 13.0. The SMILES string of the molecule is C(#[C][Hg][C]#CSc1ccccc1)Sc1ccccc1. The summed E-state index contributed by atoms with van der Waals surface area (Å²) in [4.78, 5) is 2.41. The number of hydrogen-bond acceptors (Lipinski definition) is 2. The summed E-state index contributed by atoms with van der Waals surface area (Å²) in [7, 11) is 0. The van der Waals surface area contributed by atoms with E-state index in [1.165, 1.54) is 9.79 Å². The molecule has 0 nitrogen and oxygen atoms in total. The summed E-state index contributed by atoms with van der Waals surface area (Å²) in [5, 5.41) is 6.31. The number of benzene rings is 2. The van der Waals surface area contributed by atoms with Crippen LogP contribution < -0.4 is 0 Å². The van der Waals surface area contributed by atoms with Crippen molar-refractivity contribution in [1.29, 1.82) is 0 Å². The monoisotopic (exact) mass is 468 g/mol. The van der Waals surface area contributed by atoms with Crippen LogP contribution in [-0.2, 0) is 24.6 Å². The fourth-order valence-electron chi connectivity index (χ4n) is 1.28. The molecule has 2 aromatic carbocycles. The van der Waals surface area contributed by atoms with E-state index in [4.69, 9.17) is 0 Å². The minimum absolute atomic E-state index is 1.20. The Balaban J connectivity index is 1.73. The molecule has 0 spiro atoms. The van der Waals surface area contributed by atoms with Gasteiger partial charge in [-0.25, -0.2) is 0 Å². The zero-order chi connectivity index (χ0) is 13.2. The van der Waals surface area contributed by atoms with Gasteiger partial charge >= 0.3 is 136 Å². The molecule has 0 amide bonds. The molecule has 0 heterocycles. The van der Waals surface area contributed by atoms with E-state index < -0.39 is 24.6 Å². The van der Waals surface area contributed by atoms with Crippen molar-refractivity contribution >= 4 is 23.5 Å². The Hall–Kier alpha value is -0.805. The molecule has 0 saturated carbocycles. The summed E-state index contributed by atoms with van der Waals surface area (Å²) < 4.78 is 6.54. The van der Waals surface area contributed by atoms with Crippen LogP contribution in [0, 0.1) is 17.4 Å². The van der Waals surface area contributed by atoms with Crippen LogP contribution in [0.2, 0.25) is 0 Å². The van der Waals surface area contributed by atoms with Crippen molar-refractivity contribution in [3.05, 3.63) is 60.7 Å². The van der Waals surface area contributed by atoms with E-state index in [0.29, 0.717) is 0 Å². The van der Waals surface area contributed by atoms with E-state index in [1.807, 2.05) is 36.4 Å². The fraction of sp³-hybridized carbons (Fsp3) is 0. The van der Waals surface area contributed by atoms with Gasteiger partial charge in [-0.2, -0.15) is 0 Å². The second-order valence-electron chi connectivity index (χ2n) is 3.56. The summed E-state index contributed by atoms with van der Waals surface area (Å²) in [6, 6.07) is 20.5. The van der Waals surface area contributed by atoms with Crippen LogP contribution in [0.3, 0.4) is 0 Å². The van der Waals surface area contributed by atoms with Crippen molar-refractivity contribution in [2.45, 2.75) is 9.79 Å². The average molecular weight is 467 g/mol. The number of thioether (sulfide) groups is 2. The molecule has 3 heteroatoms. The number of hydrogen-bond donors (Lipinski definition) is 0. The summed E-state index contributed by atoms with van der Waals surface area (Å²) >= 11 is 1.89. The Labute approximate surface area is 135 Å². The van der Waals surface area contributed by atoms with Crippen molar-refractivity contribution in [3.8, 4) is 17.4 Å². The molecule has 88 valence electrons. The van der Waals surface area contributed by atoms with Gasteiger partial charge in [0.05, 0.1) is 0 Å². The minimum atomic E-state index is -1.30. The van der Waals surface area contributed by atoms with Gasteiger partial charge in [-0.15, -0.1) is 0 Å². The van der Waals surface area contributed by atoms with Gasteiger partial charge in [0, 0.05) is 0 Å². The molecule has 0 aliphatic rings. The Morgan fingerprint density at radius 1 is 0.632 bits per heavy atom. The molecule has 0 N–H and O–H groups in total. The van der Waals surface area contributed by atoms with E-state index in [9.17, 15) is 0 Å². The van der Waals surface area contributed by atoms with Gasteiger partial charge in [0.15, 0.2) is 0 Å². The maximum absolute atomic E-state index is 3.27. The van der Waals surface area contributed by atoms with Gasteiger partial charge < -0.3 is 0 Å². The van der Waals surface area contributed by atoms with Gasteiger partial charge in [0.1, 0.15) is 0 Å². The van der Waals surface area contributed by atoms with Gasteiger partial charge in [0.25, 0.3) is 0 Å². The first-order valence-electron chi connectivity index (χ1n) is 5.84. The third-order valence-electron chi connectivity index (χ3n) is 2.15. The van der Waals surface area contributed by atoms with Crippen LogP contribution in [0.15, 0.2) is 70.5 Å². The second kappa shape index (κ2) is 9.15. The predicted octanol–water partition coefficient (Wildman–Crippen LogP) is 4.49. The van der Waals surface area contributed by atoms with Crippen molar-refractivity contribution in [2.24, 2.45) is 0 Å². The van der Waals surface area contributed by atoms with Gasteiger partial charge in [-0.1, -0.05) is 0 Å². The predicted molar refractivity (Wildman–Crippen MR) is 80.2 cm³/mol. The van der Waals surface area contributed by atoms with Crippen LogP contribution in [-0.4, -0.2) is 0 Å². The van der Waals surface area contributed by atoms with Gasteiger partial charge in [-0.05, 0) is 0 Å². The Morgan fingerprint density at radius 2 is 1.05 bits per heavy atom. The molecule has 0 unspecified atom stereocenters. The number of rotatable bonds is 2. The summed E-state index contributed by atoms with van der Waals surface area (Å²) in [5.41, 5.74) is 0. The normalized spacial score (nSPS) is 8.42. The fourth-order valence-corrected chi connectivity index (χ4v) is 6.10. The van der Waals surface area contributed by atoms with Crippen molar-refractivity contribution in [2.75, 3.05) is 0 Å². The molecule has 2 aromatic rings. The molecule has 0 fully saturated rings. The van der Waals surface area contributed by atoms with E-state index >= 15 is 0 Å². The van der Waals surface area contributed by atoms with Crippen molar-refractivity contribution in [3.63, 3.8) is 0 Å². The quantitative estimate of drug-likeness (QED) is 0.363. The molecule has 0 saturated heterocycles. The zero-order valence-corrected chi connectivity index (χ0v) is 17.4. The average Bonchev–Trinajstić information content (AvgIpc) is 2.48. The van der Waals surface area contributed by atoms with Crippen LogP contribution in [0.4, 0.5) is 0 Å². The van der Waals surface area contributed by atoms with Gasteiger partial charge in [-0.3, -0.25) is 0 Å². The molecule has 0 radical (unpaired) electrons. The molecule has 0 bridgehead atoms. The topological polar surface area (TPSA) is 0 Å². The Kier molecular flexibility index (Phi) is 7.04. The second-order valence-corrected chi connectivity index (χ2v) is 9.45. The van der Waals surface area contributed by atoms with Crippen LogP contribution in [0.1, 0.15) is 0 Å². The molecular weight excluding hydrogens is 457 g/mol. The molecular formula is C16H10HgS2. The van der Waals surface area contributed by atoms with Crippen LogP contribution in [0.5, 0.6) is 0 Å². The Morgan fingerprint density at radius 3 is 1.47 bits per heavy atom. The third kappa shape index (κ3) is 6.25. The van der Waals surface area contributed by atoms with Crippen LogP contribution >= 0.6 is 23.5 Å². The maximum atomic E-state index is 3.27. The molecule has 2 rings (SSSR count). The molecule has 19 heavy (non-hydrogen) atoms. The van der Waals surface area contributed by atoms with Crippen molar-refractivity contribution in [1.82, 2.24) is 0 Å². The summed E-state index contributed by atoms with van der Waals surface area (Å²) in [6.45, 7) is 0. The van der Waals surface area contributed by atoms with E-state index in [-0.39, 0.29) is 0 Å². The summed E-state index contributed by atoms with van der Waals surface area (Å²) in [5.74, 6) is 0.